The Morgan fingerprint density at radius 1 is 1.45 bits per heavy atom. The molecule has 4 nitrogen and oxygen atoms in total. The maximum atomic E-state index is 10.7. The van der Waals surface area contributed by atoms with Crippen molar-refractivity contribution in [3.8, 4) is 0 Å². The zero-order valence-electron chi connectivity index (χ0n) is 11.8. The summed E-state index contributed by atoms with van der Waals surface area (Å²) in [5.41, 5.74) is 1.08. The average molecular weight is 297 g/mol. The van der Waals surface area contributed by atoms with Gasteiger partial charge in [0, 0.05) is 18.2 Å². The number of nitro benzene ring substituents is 1. The molecule has 20 heavy (non-hydrogen) atoms. The van der Waals surface area contributed by atoms with E-state index in [0.717, 1.165) is 24.9 Å². The summed E-state index contributed by atoms with van der Waals surface area (Å²) in [6, 6.07) is 5.36. The lowest BCUT2D eigenvalue weighted by Crippen LogP contribution is -2.33. The van der Waals surface area contributed by atoms with Gasteiger partial charge in [-0.05, 0) is 43.7 Å². The molecule has 1 saturated carbocycles. The molecule has 1 aliphatic rings. The third kappa shape index (κ3) is 3.70. The first-order valence-electron chi connectivity index (χ1n) is 7.28. The molecule has 2 rings (SSSR count). The lowest BCUT2D eigenvalue weighted by Gasteiger charge is -2.21. The largest absolute Gasteiger partial charge is 0.314 e. The highest BCUT2D eigenvalue weighted by molar-refractivity contribution is 6.31. The number of hydrogen-bond acceptors (Lipinski definition) is 3. The number of non-ortho nitro benzene ring substituents is 1. The normalized spacial score (nSPS) is 22.1. The Balaban J connectivity index is 2.03. The molecular weight excluding hydrogens is 276 g/mol. The molecule has 2 unspecified atom stereocenters. The van der Waals surface area contributed by atoms with Gasteiger partial charge in [-0.25, -0.2) is 0 Å². The van der Waals surface area contributed by atoms with Crippen molar-refractivity contribution in [3.63, 3.8) is 0 Å². The van der Waals surface area contributed by atoms with E-state index in [1.807, 2.05) is 0 Å². The van der Waals surface area contributed by atoms with Gasteiger partial charge in [-0.3, -0.25) is 10.1 Å². The summed E-state index contributed by atoms with van der Waals surface area (Å²) in [6.07, 6.45) is 5.71. The summed E-state index contributed by atoms with van der Waals surface area (Å²) in [5, 5.41) is 14.8. The van der Waals surface area contributed by atoms with Crippen molar-refractivity contribution < 1.29 is 4.92 Å². The van der Waals surface area contributed by atoms with Gasteiger partial charge in [0.15, 0.2) is 0 Å². The number of benzene rings is 1. The fourth-order valence-corrected chi connectivity index (χ4v) is 3.23. The zero-order chi connectivity index (χ0) is 14.5. The minimum atomic E-state index is -0.406. The molecule has 0 aromatic heterocycles. The summed E-state index contributed by atoms with van der Waals surface area (Å²) < 4.78 is 0. The van der Waals surface area contributed by atoms with Crippen LogP contribution >= 0.6 is 11.6 Å². The molecule has 110 valence electrons. The number of nitrogens with one attached hydrogen (secondary N) is 1. The third-order valence-corrected chi connectivity index (χ3v) is 4.40. The van der Waals surface area contributed by atoms with Crippen molar-refractivity contribution in [1.82, 2.24) is 5.32 Å². The molecule has 1 aliphatic carbocycles. The van der Waals surface area contributed by atoms with E-state index in [1.54, 1.807) is 12.1 Å². The average Bonchev–Trinajstić information content (AvgIpc) is 2.85. The predicted octanol–water partition coefficient (Wildman–Crippen LogP) is 3.96. The van der Waals surface area contributed by atoms with Crippen LogP contribution in [-0.2, 0) is 6.42 Å². The maximum absolute atomic E-state index is 10.7. The molecule has 0 spiro atoms. The highest BCUT2D eigenvalue weighted by Gasteiger charge is 2.27. The fourth-order valence-electron chi connectivity index (χ4n) is 2.98. The number of nitrogens with zero attached hydrogens (tertiary/aromatic N) is 1. The fraction of sp³-hybridized carbons (Fsp3) is 0.600. The molecule has 0 saturated heterocycles. The molecular formula is C15H21ClN2O2. The Bertz CT molecular complexity index is 479. The summed E-state index contributed by atoms with van der Waals surface area (Å²) >= 11 is 6.18. The zero-order valence-corrected chi connectivity index (χ0v) is 12.5. The molecule has 5 heteroatoms. The topological polar surface area (TPSA) is 55.2 Å². The van der Waals surface area contributed by atoms with Crippen LogP contribution in [0.3, 0.4) is 0 Å². The van der Waals surface area contributed by atoms with Crippen molar-refractivity contribution in [2.45, 2.75) is 45.1 Å². The molecule has 1 N–H and O–H groups in total. The van der Waals surface area contributed by atoms with Crippen molar-refractivity contribution in [2.24, 2.45) is 5.92 Å². The SMILES string of the molecule is CCCNC1CCCC1Cc1ccc([N+](=O)[O-])cc1Cl. The molecule has 1 aromatic carbocycles. The molecule has 1 aromatic rings. The van der Waals surface area contributed by atoms with Crippen LogP contribution in [0.15, 0.2) is 18.2 Å². The first kappa shape index (κ1) is 15.3. The van der Waals surface area contributed by atoms with E-state index in [4.69, 9.17) is 11.6 Å². The summed E-state index contributed by atoms with van der Waals surface area (Å²) in [4.78, 5) is 10.3. The first-order chi connectivity index (χ1) is 9.61. The second-order valence-electron chi connectivity index (χ2n) is 5.49. The van der Waals surface area contributed by atoms with Crippen LogP contribution in [0.25, 0.3) is 0 Å². The summed E-state index contributed by atoms with van der Waals surface area (Å²) in [7, 11) is 0. The number of nitro groups is 1. The molecule has 0 radical (unpaired) electrons. The predicted molar refractivity (Wildman–Crippen MR) is 81.2 cm³/mol. The summed E-state index contributed by atoms with van der Waals surface area (Å²) in [6.45, 7) is 3.22. The van der Waals surface area contributed by atoms with Gasteiger partial charge >= 0.3 is 0 Å². The second kappa shape index (κ2) is 7.04. The lowest BCUT2D eigenvalue weighted by molar-refractivity contribution is -0.384. The van der Waals surface area contributed by atoms with Gasteiger partial charge in [0.25, 0.3) is 5.69 Å². The van der Waals surface area contributed by atoms with Crippen LogP contribution < -0.4 is 5.32 Å². The van der Waals surface area contributed by atoms with Gasteiger partial charge in [-0.2, -0.15) is 0 Å². The van der Waals surface area contributed by atoms with Crippen LogP contribution in [0.2, 0.25) is 5.02 Å². The van der Waals surface area contributed by atoms with E-state index in [9.17, 15) is 10.1 Å². The first-order valence-corrected chi connectivity index (χ1v) is 7.65. The van der Waals surface area contributed by atoms with Gasteiger partial charge in [0.1, 0.15) is 0 Å². The Morgan fingerprint density at radius 3 is 2.90 bits per heavy atom. The van der Waals surface area contributed by atoms with E-state index in [1.165, 1.54) is 25.3 Å². The van der Waals surface area contributed by atoms with E-state index in [2.05, 4.69) is 12.2 Å². The van der Waals surface area contributed by atoms with Gasteiger partial charge in [0.2, 0.25) is 0 Å². The van der Waals surface area contributed by atoms with Crippen molar-refractivity contribution >= 4 is 17.3 Å². The quantitative estimate of drug-likeness (QED) is 0.638. The van der Waals surface area contributed by atoms with Crippen LogP contribution in [0.4, 0.5) is 5.69 Å². The Morgan fingerprint density at radius 2 is 2.25 bits per heavy atom. The van der Waals surface area contributed by atoms with Crippen molar-refractivity contribution in [3.05, 3.63) is 38.9 Å². The van der Waals surface area contributed by atoms with Gasteiger partial charge in [0.05, 0.1) is 9.95 Å². The monoisotopic (exact) mass is 296 g/mol. The van der Waals surface area contributed by atoms with Crippen LogP contribution in [0.5, 0.6) is 0 Å². The number of halogens is 1. The molecule has 0 heterocycles. The van der Waals surface area contributed by atoms with Crippen LogP contribution in [-0.4, -0.2) is 17.5 Å². The standard InChI is InChI=1S/C15H21ClN2O2/c1-2-8-17-15-5-3-4-12(15)9-11-6-7-13(18(19)20)10-14(11)16/h6-7,10,12,15,17H,2-5,8-9H2,1H3. The number of rotatable bonds is 6. The van der Waals surface area contributed by atoms with Crippen molar-refractivity contribution in [2.75, 3.05) is 6.54 Å². The van der Waals surface area contributed by atoms with E-state index < -0.39 is 4.92 Å². The van der Waals surface area contributed by atoms with Gasteiger partial charge in [-0.15, -0.1) is 0 Å². The Kier molecular flexibility index (Phi) is 5.38. The van der Waals surface area contributed by atoms with Gasteiger partial charge < -0.3 is 5.32 Å². The lowest BCUT2D eigenvalue weighted by atomic mass is 9.94. The highest BCUT2D eigenvalue weighted by atomic mass is 35.5. The second-order valence-corrected chi connectivity index (χ2v) is 5.90. The minimum absolute atomic E-state index is 0.0610. The molecule has 2 atom stereocenters. The Labute approximate surface area is 124 Å². The molecule has 0 bridgehead atoms. The molecule has 1 fully saturated rings. The molecule has 0 aliphatic heterocycles. The van der Waals surface area contributed by atoms with E-state index in [0.29, 0.717) is 17.0 Å². The van der Waals surface area contributed by atoms with Crippen LogP contribution in [0.1, 0.15) is 38.2 Å². The van der Waals surface area contributed by atoms with E-state index in [-0.39, 0.29) is 5.69 Å². The minimum Gasteiger partial charge on any atom is -0.314 e. The van der Waals surface area contributed by atoms with E-state index >= 15 is 0 Å². The number of hydrogen-bond donors (Lipinski definition) is 1. The highest BCUT2D eigenvalue weighted by Crippen LogP contribution is 2.32. The van der Waals surface area contributed by atoms with Gasteiger partial charge in [-0.1, -0.05) is 31.0 Å². The van der Waals surface area contributed by atoms with Crippen molar-refractivity contribution in [1.29, 1.82) is 0 Å². The summed E-state index contributed by atoms with van der Waals surface area (Å²) in [5.74, 6) is 0.584. The van der Waals surface area contributed by atoms with Crippen LogP contribution in [0, 0.1) is 16.0 Å². The maximum Gasteiger partial charge on any atom is 0.270 e. The molecule has 0 amide bonds. The third-order valence-electron chi connectivity index (χ3n) is 4.05. The Hall–Kier alpha value is -1.13. The smallest absolute Gasteiger partial charge is 0.270 e.